The third kappa shape index (κ3) is 5.51. The maximum absolute atomic E-state index is 13.2. The second kappa shape index (κ2) is 11.7. The Balaban J connectivity index is 1.51. The Bertz CT molecular complexity index is 1380. The van der Waals surface area contributed by atoms with Crippen molar-refractivity contribution in [2.45, 2.75) is 11.5 Å². The Morgan fingerprint density at radius 2 is 1.58 bits per heavy atom. The molecule has 1 aliphatic heterocycles. The van der Waals surface area contributed by atoms with Gasteiger partial charge in [-0.05, 0) is 30.3 Å². The summed E-state index contributed by atoms with van der Waals surface area (Å²) in [5.41, 5.74) is 0.514. The van der Waals surface area contributed by atoms with E-state index in [2.05, 4.69) is 10.2 Å². The van der Waals surface area contributed by atoms with Gasteiger partial charge in [-0.25, -0.2) is 13.2 Å². The Hall–Kier alpha value is -3.88. The molecule has 0 unspecified atom stereocenters. The molecule has 0 atom stereocenters. The Kier molecular flexibility index (Phi) is 8.34. The van der Waals surface area contributed by atoms with Gasteiger partial charge in [-0.3, -0.25) is 0 Å². The van der Waals surface area contributed by atoms with Crippen LogP contribution in [0.5, 0.6) is 23.0 Å². The van der Waals surface area contributed by atoms with Crippen LogP contribution < -0.4 is 18.9 Å². The van der Waals surface area contributed by atoms with Gasteiger partial charge < -0.3 is 32.8 Å². The van der Waals surface area contributed by atoms with Crippen LogP contribution in [0.2, 0.25) is 0 Å². The highest BCUT2D eigenvalue weighted by Gasteiger charge is 2.30. The SMILES string of the molecule is COc1ccc(C(=O)OCc2nnc(-c3cc(OC)c(OC)c(OC)c3)o2)cc1S(=O)(=O)N1CCOCC1. The number of morpholine rings is 1. The van der Waals surface area contributed by atoms with Gasteiger partial charge in [-0.2, -0.15) is 4.31 Å². The number of methoxy groups -OCH3 is 4. The van der Waals surface area contributed by atoms with Crippen LogP contribution in [0.25, 0.3) is 11.5 Å². The fraction of sp³-hybridized carbons (Fsp3) is 0.375. The van der Waals surface area contributed by atoms with E-state index in [-0.39, 0.29) is 60.9 Å². The number of carbonyl (C=O) groups excluding carboxylic acids is 1. The topological polar surface area (TPSA) is 149 Å². The first-order valence-electron chi connectivity index (χ1n) is 11.4. The quantitative estimate of drug-likeness (QED) is 0.341. The van der Waals surface area contributed by atoms with E-state index in [1.165, 1.54) is 50.9 Å². The molecule has 2 aromatic carbocycles. The van der Waals surface area contributed by atoms with Crippen LogP contribution in [0.15, 0.2) is 39.6 Å². The van der Waals surface area contributed by atoms with E-state index in [1.54, 1.807) is 12.1 Å². The molecular weight excluding hydrogens is 522 g/mol. The van der Waals surface area contributed by atoms with E-state index >= 15 is 0 Å². The lowest BCUT2D eigenvalue weighted by Gasteiger charge is -2.26. The molecule has 1 fully saturated rings. The van der Waals surface area contributed by atoms with Crippen molar-refractivity contribution in [3.8, 4) is 34.5 Å². The molecule has 38 heavy (non-hydrogen) atoms. The van der Waals surface area contributed by atoms with E-state index in [1.807, 2.05) is 0 Å². The van der Waals surface area contributed by atoms with Crippen molar-refractivity contribution in [2.24, 2.45) is 0 Å². The van der Waals surface area contributed by atoms with Crippen LogP contribution >= 0.6 is 0 Å². The van der Waals surface area contributed by atoms with Crippen LogP contribution in [0, 0.1) is 0 Å². The number of aromatic nitrogens is 2. The zero-order valence-electron chi connectivity index (χ0n) is 21.3. The smallest absolute Gasteiger partial charge is 0.338 e. The van der Waals surface area contributed by atoms with Crippen LogP contribution in [-0.2, 0) is 26.1 Å². The van der Waals surface area contributed by atoms with Gasteiger partial charge in [0.25, 0.3) is 5.89 Å². The highest BCUT2D eigenvalue weighted by Crippen LogP contribution is 2.41. The zero-order valence-corrected chi connectivity index (χ0v) is 22.1. The second-order valence-corrected chi connectivity index (χ2v) is 9.78. The van der Waals surface area contributed by atoms with Gasteiger partial charge in [0.1, 0.15) is 10.6 Å². The van der Waals surface area contributed by atoms with Gasteiger partial charge in [-0.15, -0.1) is 10.2 Å². The molecule has 3 aromatic rings. The Labute approximate surface area is 219 Å². The van der Waals surface area contributed by atoms with Crippen LogP contribution in [0.4, 0.5) is 0 Å². The predicted octanol–water partition coefficient (Wildman–Crippen LogP) is 2.15. The van der Waals surface area contributed by atoms with Crippen molar-refractivity contribution >= 4 is 16.0 Å². The second-order valence-electron chi connectivity index (χ2n) is 7.87. The molecule has 4 rings (SSSR count). The normalized spacial score (nSPS) is 14.1. The molecule has 0 aliphatic carbocycles. The summed E-state index contributed by atoms with van der Waals surface area (Å²) >= 11 is 0. The standard InChI is InChI=1S/C24H27N3O10S/c1-31-17-6-5-15(13-20(17)38(29,30)27-7-9-35-10-8-27)24(28)36-14-21-25-26-23(37-21)16-11-18(32-2)22(34-4)19(12-16)33-3/h5-6,11-13H,7-10,14H2,1-4H3. The number of nitrogens with zero attached hydrogens (tertiary/aromatic N) is 3. The minimum atomic E-state index is -3.92. The minimum Gasteiger partial charge on any atom is -0.495 e. The fourth-order valence-corrected chi connectivity index (χ4v) is 5.36. The summed E-state index contributed by atoms with van der Waals surface area (Å²) in [4.78, 5) is 12.6. The summed E-state index contributed by atoms with van der Waals surface area (Å²) in [5.74, 6) is 0.696. The van der Waals surface area contributed by atoms with Crippen molar-refractivity contribution in [3.63, 3.8) is 0 Å². The molecule has 0 bridgehead atoms. The van der Waals surface area contributed by atoms with Crippen LogP contribution in [0.1, 0.15) is 16.2 Å². The fourth-order valence-electron chi connectivity index (χ4n) is 3.78. The highest BCUT2D eigenvalue weighted by molar-refractivity contribution is 7.89. The number of hydrogen-bond acceptors (Lipinski definition) is 12. The number of ether oxygens (including phenoxy) is 6. The largest absolute Gasteiger partial charge is 0.495 e. The summed E-state index contributed by atoms with van der Waals surface area (Å²) in [5, 5.41) is 7.91. The van der Waals surface area contributed by atoms with Crippen molar-refractivity contribution in [3.05, 3.63) is 41.8 Å². The van der Waals surface area contributed by atoms with E-state index in [0.29, 0.717) is 22.8 Å². The van der Waals surface area contributed by atoms with Crippen molar-refractivity contribution in [1.29, 1.82) is 0 Å². The third-order valence-electron chi connectivity index (χ3n) is 5.69. The van der Waals surface area contributed by atoms with Gasteiger partial charge in [0.05, 0.1) is 47.2 Å². The molecule has 0 radical (unpaired) electrons. The first-order valence-corrected chi connectivity index (χ1v) is 12.8. The number of rotatable bonds is 10. The van der Waals surface area contributed by atoms with Crippen molar-refractivity contribution < 1.29 is 46.1 Å². The Morgan fingerprint density at radius 1 is 0.921 bits per heavy atom. The summed E-state index contributed by atoms with van der Waals surface area (Å²) in [6.45, 7) is 0.627. The molecule has 1 saturated heterocycles. The van der Waals surface area contributed by atoms with E-state index in [0.717, 1.165) is 0 Å². The van der Waals surface area contributed by atoms with Crippen molar-refractivity contribution in [1.82, 2.24) is 14.5 Å². The molecule has 204 valence electrons. The summed E-state index contributed by atoms with van der Waals surface area (Å²) < 4.78 is 65.0. The molecule has 0 saturated carbocycles. The van der Waals surface area contributed by atoms with Gasteiger partial charge in [0, 0.05) is 18.7 Å². The minimum absolute atomic E-state index is 0.0157. The van der Waals surface area contributed by atoms with Crippen LogP contribution in [0.3, 0.4) is 0 Å². The summed E-state index contributed by atoms with van der Waals surface area (Å²) in [6.07, 6.45) is 0. The lowest BCUT2D eigenvalue weighted by molar-refractivity contribution is 0.0438. The molecule has 14 heteroatoms. The molecule has 1 aromatic heterocycles. The first-order chi connectivity index (χ1) is 18.3. The van der Waals surface area contributed by atoms with Crippen molar-refractivity contribution in [2.75, 3.05) is 54.7 Å². The number of benzene rings is 2. The average molecular weight is 550 g/mol. The molecule has 0 spiro atoms. The number of hydrogen-bond donors (Lipinski definition) is 0. The zero-order chi connectivity index (χ0) is 27.3. The van der Waals surface area contributed by atoms with Gasteiger partial charge in [0.15, 0.2) is 18.1 Å². The Morgan fingerprint density at radius 3 is 2.18 bits per heavy atom. The highest BCUT2D eigenvalue weighted by atomic mass is 32.2. The van der Waals surface area contributed by atoms with Gasteiger partial charge in [0.2, 0.25) is 21.7 Å². The van der Waals surface area contributed by atoms with Crippen LogP contribution in [-0.4, -0.2) is 83.6 Å². The molecule has 0 N–H and O–H groups in total. The maximum Gasteiger partial charge on any atom is 0.338 e. The molecule has 2 heterocycles. The number of esters is 1. The monoisotopic (exact) mass is 549 g/mol. The molecular formula is C24H27N3O10S. The summed E-state index contributed by atoms with van der Waals surface area (Å²) in [7, 11) is 1.89. The molecule has 0 amide bonds. The molecule has 1 aliphatic rings. The summed E-state index contributed by atoms with van der Waals surface area (Å²) in [6, 6.07) is 7.31. The van der Waals surface area contributed by atoms with Gasteiger partial charge >= 0.3 is 5.97 Å². The lowest BCUT2D eigenvalue weighted by atomic mass is 10.2. The lowest BCUT2D eigenvalue weighted by Crippen LogP contribution is -2.40. The third-order valence-corrected chi connectivity index (χ3v) is 7.61. The maximum atomic E-state index is 13.2. The average Bonchev–Trinajstić information content (AvgIpc) is 3.44. The van der Waals surface area contributed by atoms with E-state index in [4.69, 9.17) is 32.8 Å². The first kappa shape index (κ1) is 27.2. The van der Waals surface area contributed by atoms with E-state index < -0.39 is 16.0 Å². The molecule has 13 nitrogen and oxygen atoms in total. The number of carbonyl (C=O) groups is 1. The predicted molar refractivity (Wildman–Crippen MR) is 131 cm³/mol. The van der Waals surface area contributed by atoms with Gasteiger partial charge in [-0.1, -0.05) is 0 Å². The van der Waals surface area contributed by atoms with E-state index in [9.17, 15) is 13.2 Å². The number of sulfonamides is 1.